The molecule has 7 heteroatoms. The molecule has 1 aromatic carbocycles. The van der Waals surface area contributed by atoms with Crippen LogP contribution in [-0.4, -0.2) is 17.6 Å². The van der Waals surface area contributed by atoms with Gasteiger partial charge in [-0.2, -0.15) is 17.6 Å². The lowest BCUT2D eigenvalue weighted by atomic mass is 10.1. The first-order valence-corrected chi connectivity index (χ1v) is 6.33. The monoisotopic (exact) mass is 313 g/mol. The summed E-state index contributed by atoms with van der Waals surface area (Å²) in [4.78, 5) is 15.1. The number of hydrogen-bond donors (Lipinski definition) is 0. The molecule has 0 saturated heterocycles. The summed E-state index contributed by atoms with van der Waals surface area (Å²) in [6.45, 7) is 1.69. The lowest BCUT2D eigenvalue weighted by Crippen LogP contribution is -2.07. The second-order valence-electron chi connectivity index (χ2n) is 4.36. The quantitative estimate of drug-likeness (QED) is 0.487. The maximum Gasteiger partial charge on any atom is 0.416 e. The van der Waals surface area contributed by atoms with E-state index in [2.05, 4.69) is 4.98 Å². The van der Waals surface area contributed by atoms with E-state index in [4.69, 9.17) is 4.74 Å². The number of benzene rings is 1. The van der Waals surface area contributed by atoms with Crippen LogP contribution in [0.15, 0.2) is 36.4 Å². The van der Waals surface area contributed by atoms with Crippen LogP contribution in [0.5, 0.6) is 0 Å². The first kappa shape index (κ1) is 15.9. The molecule has 0 amide bonds. The number of aromatic nitrogens is 1. The van der Waals surface area contributed by atoms with E-state index in [9.17, 15) is 22.4 Å². The molecular formula is C15H11F4NO2. The summed E-state index contributed by atoms with van der Waals surface area (Å²) < 4.78 is 56.4. The van der Waals surface area contributed by atoms with Crippen LogP contribution < -0.4 is 0 Å². The van der Waals surface area contributed by atoms with E-state index in [0.29, 0.717) is 0 Å². The van der Waals surface area contributed by atoms with Crippen molar-refractivity contribution in [3.63, 3.8) is 0 Å². The van der Waals surface area contributed by atoms with E-state index in [1.54, 1.807) is 6.92 Å². The average Bonchev–Trinajstić information content (AvgIpc) is 2.46. The molecular weight excluding hydrogens is 302 g/mol. The van der Waals surface area contributed by atoms with Gasteiger partial charge in [0.2, 0.25) is 5.95 Å². The molecule has 0 aliphatic heterocycles. The van der Waals surface area contributed by atoms with Crippen LogP contribution in [0.1, 0.15) is 22.8 Å². The molecule has 0 N–H and O–H groups in total. The van der Waals surface area contributed by atoms with Gasteiger partial charge >= 0.3 is 12.1 Å². The Balaban J connectivity index is 2.47. The summed E-state index contributed by atoms with van der Waals surface area (Å²) in [5.74, 6) is -1.74. The maximum absolute atomic E-state index is 13.5. The van der Waals surface area contributed by atoms with Crippen LogP contribution >= 0.6 is 0 Å². The normalized spacial score (nSPS) is 11.3. The molecule has 1 heterocycles. The lowest BCUT2D eigenvalue weighted by molar-refractivity contribution is -0.137. The smallest absolute Gasteiger partial charge is 0.416 e. The zero-order valence-electron chi connectivity index (χ0n) is 11.4. The summed E-state index contributed by atoms with van der Waals surface area (Å²) in [6.07, 6.45) is -4.52. The molecule has 0 atom stereocenters. The summed E-state index contributed by atoms with van der Waals surface area (Å²) in [6, 6.07) is 6.35. The molecule has 22 heavy (non-hydrogen) atoms. The first-order valence-electron chi connectivity index (χ1n) is 6.33. The zero-order valence-corrected chi connectivity index (χ0v) is 11.4. The Labute approximate surface area is 123 Å². The summed E-state index contributed by atoms with van der Waals surface area (Å²) >= 11 is 0. The van der Waals surface area contributed by atoms with Gasteiger partial charge in [-0.15, -0.1) is 0 Å². The number of carbonyl (C=O) groups is 1. The van der Waals surface area contributed by atoms with Gasteiger partial charge < -0.3 is 4.74 Å². The third kappa shape index (κ3) is 3.60. The lowest BCUT2D eigenvalue weighted by Gasteiger charge is -2.09. The molecule has 0 unspecified atom stereocenters. The second-order valence-corrected chi connectivity index (χ2v) is 4.36. The van der Waals surface area contributed by atoms with Crippen LogP contribution in [0.2, 0.25) is 0 Å². The molecule has 0 bridgehead atoms. The van der Waals surface area contributed by atoms with Gasteiger partial charge in [0, 0.05) is 11.6 Å². The second kappa shape index (κ2) is 6.13. The molecule has 116 valence electrons. The molecule has 0 aliphatic carbocycles. The minimum Gasteiger partial charge on any atom is -0.462 e. The van der Waals surface area contributed by atoms with E-state index in [0.717, 1.165) is 18.2 Å². The van der Waals surface area contributed by atoms with Crippen LogP contribution in [-0.2, 0) is 10.9 Å². The molecule has 0 spiro atoms. The number of ether oxygens (including phenoxy) is 1. The van der Waals surface area contributed by atoms with Gasteiger partial charge in [0.15, 0.2) is 0 Å². The van der Waals surface area contributed by atoms with E-state index < -0.39 is 23.7 Å². The Bertz CT molecular complexity index is 698. The van der Waals surface area contributed by atoms with Crippen molar-refractivity contribution in [1.29, 1.82) is 0 Å². The number of halogens is 4. The van der Waals surface area contributed by atoms with Crippen molar-refractivity contribution in [2.75, 3.05) is 6.61 Å². The highest BCUT2D eigenvalue weighted by molar-refractivity contribution is 5.90. The van der Waals surface area contributed by atoms with E-state index in [-0.39, 0.29) is 23.4 Å². The number of alkyl halides is 3. The van der Waals surface area contributed by atoms with Crippen LogP contribution in [0, 0.1) is 5.95 Å². The van der Waals surface area contributed by atoms with Gasteiger partial charge in [0.1, 0.15) is 0 Å². The highest BCUT2D eigenvalue weighted by Crippen LogP contribution is 2.32. The third-order valence-corrected chi connectivity index (χ3v) is 2.79. The van der Waals surface area contributed by atoms with Crippen molar-refractivity contribution < 1.29 is 27.1 Å². The predicted octanol–water partition coefficient (Wildman–Crippen LogP) is 4.08. The third-order valence-electron chi connectivity index (χ3n) is 2.79. The molecule has 0 aliphatic rings. The first-order chi connectivity index (χ1) is 10.3. The van der Waals surface area contributed by atoms with Crippen molar-refractivity contribution >= 4 is 5.97 Å². The average molecular weight is 313 g/mol. The number of pyridine rings is 1. The Morgan fingerprint density at radius 1 is 1.23 bits per heavy atom. The topological polar surface area (TPSA) is 39.2 Å². The van der Waals surface area contributed by atoms with Crippen molar-refractivity contribution in [1.82, 2.24) is 4.98 Å². The highest BCUT2D eigenvalue weighted by atomic mass is 19.4. The van der Waals surface area contributed by atoms with Gasteiger partial charge in [-0.05, 0) is 25.1 Å². The number of carbonyl (C=O) groups excluding carboxylic acids is 1. The molecule has 0 radical (unpaired) electrons. The predicted molar refractivity (Wildman–Crippen MR) is 70.6 cm³/mol. The summed E-state index contributed by atoms with van der Waals surface area (Å²) in [5, 5.41) is 0. The van der Waals surface area contributed by atoms with Crippen LogP contribution in [0.25, 0.3) is 11.3 Å². The van der Waals surface area contributed by atoms with E-state index in [1.807, 2.05) is 0 Å². The van der Waals surface area contributed by atoms with Crippen molar-refractivity contribution in [2.24, 2.45) is 0 Å². The highest BCUT2D eigenvalue weighted by Gasteiger charge is 2.30. The fourth-order valence-corrected chi connectivity index (χ4v) is 1.83. The van der Waals surface area contributed by atoms with Gasteiger partial charge in [-0.3, -0.25) is 0 Å². The molecule has 3 nitrogen and oxygen atoms in total. The molecule has 2 aromatic rings. The molecule has 1 aromatic heterocycles. The zero-order chi connectivity index (χ0) is 16.3. The van der Waals surface area contributed by atoms with E-state index in [1.165, 1.54) is 18.2 Å². The Kier molecular flexibility index (Phi) is 4.44. The van der Waals surface area contributed by atoms with Crippen molar-refractivity contribution in [2.45, 2.75) is 13.1 Å². The van der Waals surface area contributed by atoms with E-state index >= 15 is 0 Å². The number of rotatable bonds is 3. The SMILES string of the molecule is CCOC(=O)c1cc(F)nc(-c2cccc(C(F)(F)F)c2)c1. The van der Waals surface area contributed by atoms with Crippen molar-refractivity contribution in [3.05, 3.63) is 53.5 Å². The Hall–Kier alpha value is -2.44. The number of esters is 1. The van der Waals surface area contributed by atoms with Crippen LogP contribution in [0.3, 0.4) is 0 Å². The van der Waals surface area contributed by atoms with Crippen molar-refractivity contribution in [3.8, 4) is 11.3 Å². The Morgan fingerprint density at radius 2 is 1.95 bits per heavy atom. The standard InChI is InChI=1S/C15H11F4NO2/c1-2-22-14(21)10-7-12(20-13(16)8-10)9-4-3-5-11(6-9)15(17,18)19/h3-8H,2H2,1H3. The van der Waals surface area contributed by atoms with Gasteiger partial charge in [-0.1, -0.05) is 12.1 Å². The fourth-order valence-electron chi connectivity index (χ4n) is 1.83. The molecule has 0 saturated carbocycles. The fraction of sp³-hybridized carbons (Fsp3) is 0.200. The van der Waals surface area contributed by atoms with Gasteiger partial charge in [0.05, 0.1) is 23.4 Å². The molecule has 2 rings (SSSR count). The van der Waals surface area contributed by atoms with Gasteiger partial charge in [-0.25, -0.2) is 9.78 Å². The summed E-state index contributed by atoms with van der Waals surface area (Å²) in [5.41, 5.74) is -1.01. The van der Waals surface area contributed by atoms with Gasteiger partial charge in [0.25, 0.3) is 0 Å². The minimum absolute atomic E-state index is 0.0554. The Morgan fingerprint density at radius 3 is 2.59 bits per heavy atom. The minimum atomic E-state index is -4.52. The number of hydrogen-bond acceptors (Lipinski definition) is 3. The largest absolute Gasteiger partial charge is 0.462 e. The number of nitrogens with zero attached hydrogens (tertiary/aromatic N) is 1. The van der Waals surface area contributed by atoms with Crippen LogP contribution in [0.4, 0.5) is 17.6 Å². The molecule has 0 fully saturated rings. The summed E-state index contributed by atoms with van der Waals surface area (Å²) in [7, 11) is 0. The maximum atomic E-state index is 13.5.